The summed E-state index contributed by atoms with van der Waals surface area (Å²) in [5.74, 6) is 1.11. The van der Waals surface area contributed by atoms with E-state index in [9.17, 15) is 4.79 Å². The zero-order valence-corrected chi connectivity index (χ0v) is 14.2. The molecule has 0 spiro atoms. The van der Waals surface area contributed by atoms with Gasteiger partial charge in [-0.05, 0) is 37.5 Å². The number of ether oxygens (including phenoxy) is 1. The summed E-state index contributed by atoms with van der Waals surface area (Å²) in [6.45, 7) is 5.80. The zero-order chi connectivity index (χ0) is 17.4. The third kappa shape index (κ3) is 2.95. The van der Waals surface area contributed by atoms with E-state index in [0.29, 0.717) is 24.1 Å². The SMILES string of the molecule is C=CCCOc1cc(-n2nc(C(C)=O)cc2C2CC2)cc2ccnn12. The number of fused-ring (bicyclic) bond motifs is 1. The van der Waals surface area contributed by atoms with Crippen molar-refractivity contribution in [2.45, 2.75) is 32.1 Å². The van der Waals surface area contributed by atoms with Crippen molar-refractivity contribution in [3.05, 3.63) is 54.5 Å². The van der Waals surface area contributed by atoms with Crippen LogP contribution < -0.4 is 4.74 Å². The van der Waals surface area contributed by atoms with E-state index in [0.717, 1.165) is 36.2 Å². The van der Waals surface area contributed by atoms with Gasteiger partial charge in [-0.3, -0.25) is 4.79 Å². The van der Waals surface area contributed by atoms with Gasteiger partial charge in [0.05, 0.1) is 24.0 Å². The number of aromatic nitrogens is 4. The molecule has 128 valence electrons. The Labute approximate surface area is 145 Å². The van der Waals surface area contributed by atoms with Gasteiger partial charge in [0, 0.05) is 24.6 Å². The molecule has 3 aromatic heterocycles. The van der Waals surface area contributed by atoms with Gasteiger partial charge in [-0.2, -0.15) is 10.2 Å². The second kappa shape index (κ2) is 6.20. The molecule has 0 N–H and O–H groups in total. The molecule has 4 rings (SSSR count). The topological polar surface area (TPSA) is 61.4 Å². The van der Waals surface area contributed by atoms with Crippen LogP contribution in [0.1, 0.15) is 48.3 Å². The maximum atomic E-state index is 11.8. The van der Waals surface area contributed by atoms with E-state index in [4.69, 9.17) is 4.74 Å². The smallest absolute Gasteiger partial charge is 0.217 e. The Balaban J connectivity index is 1.81. The van der Waals surface area contributed by atoms with Gasteiger partial charge in [0.2, 0.25) is 5.88 Å². The Morgan fingerprint density at radius 1 is 1.40 bits per heavy atom. The summed E-state index contributed by atoms with van der Waals surface area (Å²) >= 11 is 0. The molecular weight excluding hydrogens is 316 g/mol. The number of carbonyl (C=O) groups excluding carboxylic acids is 1. The number of pyridine rings is 1. The van der Waals surface area contributed by atoms with E-state index in [1.54, 1.807) is 17.6 Å². The van der Waals surface area contributed by atoms with Crippen molar-refractivity contribution in [2.24, 2.45) is 0 Å². The van der Waals surface area contributed by atoms with Gasteiger partial charge < -0.3 is 4.74 Å². The second-order valence-corrected chi connectivity index (χ2v) is 6.34. The van der Waals surface area contributed by atoms with E-state index in [-0.39, 0.29) is 5.78 Å². The molecule has 1 aliphatic rings. The Hall–Kier alpha value is -2.89. The van der Waals surface area contributed by atoms with Gasteiger partial charge in [-0.1, -0.05) is 6.08 Å². The van der Waals surface area contributed by atoms with Crippen LogP contribution in [0.4, 0.5) is 0 Å². The fourth-order valence-electron chi connectivity index (χ4n) is 2.90. The Bertz CT molecular complexity index is 950. The van der Waals surface area contributed by atoms with E-state index >= 15 is 0 Å². The third-order valence-corrected chi connectivity index (χ3v) is 4.36. The van der Waals surface area contributed by atoms with Crippen LogP contribution in [0, 0.1) is 0 Å². The average Bonchev–Trinajstić information content (AvgIpc) is 3.16. The minimum Gasteiger partial charge on any atom is -0.477 e. The monoisotopic (exact) mass is 336 g/mol. The van der Waals surface area contributed by atoms with Crippen LogP contribution in [0.15, 0.2) is 43.1 Å². The molecule has 3 heterocycles. The van der Waals surface area contributed by atoms with Crippen molar-refractivity contribution < 1.29 is 9.53 Å². The standard InChI is InChI=1S/C19H20N4O2/c1-3-4-9-25-19-11-16(10-15-7-8-20-23(15)19)22-18(14-5-6-14)12-17(21-22)13(2)24/h3,7-8,10-12,14H,1,4-6,9H2,2H3. The predicted molar refractivity (Wildman–Crippen MR) is 94.6 cm³/mol. The molecule has 3 aromatic rings. The lowest BCUT2D eigenvalue weighted by molar-refractivity contribution is 0.101. The van der Waals surface area contributed by atoms with E-state index in [2.05, 4.69) is 16.8 Å². The Morgan fingerprint density at radius 2 is 2.24 bits per heavy atom. The Kier molecular flexibility index (Phi) is 3.87. The van der Waals surface area contributed by atoms with Crippen molar-refractivity contribution in [1.82, 2.24) is 19.4 Å². The molecule has 6 nitrogen and oxygen atoms in total. The lowest BCUT2D eigenvalue weighted by Gasteiger charge is -2.12. The van der Waals surface area contributed by atoms with Crippen LogP contribution in [0.5, 0.6) is 5.88 Å². The van der Waals surface area contributed by atoms with E-state index < -0.39 is 0 Å². The van der Waals surface area contributed by atoms with Crippen LogP contribution in [0.25, 0.3) is 11.2 Å². The van der Waals surface area contributed by atoms with Crippen molar-refractivity contribution in [2.75, 3.05) is 6.61 Å². The molecule has 1 saturated carbocycles. The molecule has 25 heavy (non-hydrogen) atoms. The molecule has 0 saturated heterocycles. The lowest BCUT2D eigenvalue weighted by Crippen LogP contribution is -2.07. The molecule has 0 aromatic carbocycles. The molecule has 0 unspecified atom stereocenters. The van der Waals surface area contributed by atoms with Crippen LogP contribution in [0.2, 0.25) is 0 Å². The second-order valence-electron chi connectivity index (χ2n) is 6.34. The fraction of sp³-hybridized carbons (Fsp3) is 0.316. The van der Waals surface area contributed by atoms with Crippen LogP contribution in [0.3, 0.4) is 0 Å². The average molecular weight is 336 g/mol. The quantitative estimate of drug-likeness (QED) is 0.376. The van der Waals surface area contributed by atoms with Crippen molar-refractivity contribution in [1.29, 1.82) is 0 Å². The van der Waals surface area contributed by atoms with Gasteiger partial charge in [0.1, 0.15) is 5.69 Å². The first-order chi connectivity index (χ1) is 12.2. The summed E-state index contributed by atoms with van der Waals surface area (Å²) in [6.07, 6.45) is 6.60. The van der Waals surface area contributed by atoms with Crippen LogP contribution in [-0.4, -0.2) is 31.8 Å². The number of carbonyl (C=O) groups is 1. The normalized spacial score (nSPS) is 14.0. The maximum absolute atomic E-state index is 11.8. The summed E-state index contributed by atoms with van der Waals surface area (Å²) in [4.78, 5) is 11.8. The Morgan fingerprint density at radius 3 is 2.96 bits per heavy atom. The summed E-state index contributed by atoms with van der Waals surface area (Å²) in [6, 6.07) is 7.77. The highest BCUT2D eigenvalue weighted by atomic mass is 16.5. The van der Waals surface area contributed by atoms with Gasteiger partial charge in [-0.25, -0.2) is 9.20 Å². The number of ketones is 1. The zero-order valence-electron chi connectivity index (χ0n) is 14.2. The summed E-state index contributed by atoms with van der Waals surface area (Å²) < 4.78 is 9.51. The van der Waals surface area contributed by atoms with Crippen LogP contribution in [-0.2, 0) is 0 Å². The van der Waals surface area contributed by atoms with Gasteiger partial charge in [0.15, 0.2) is 5.78 Å². The highest BCUT2D eigenvalue weighted by Gasteiger charge is 2.29. The number of Topliss-reactive ketones (excluding diaryl/α,β-unsaturated/α-hetero) is 1. The minimum atomic E-state index is -0.0199. The molecule has 0 atom stereocenters. The minimum absolute atomic E-state index is 0.0199. The summed E-state index contributed by atoms with van der Waals surface area (Å²) in [5.41, 5.74) is 3.40. The molecule has 1 fully saturated rings. The number of rotatable bonds is 7. The first kappa shape index (κ1) is 15.6. The van der Waals surface area contributed by atoms with Crippen molar-refractivity contribution >= 4 is 11.3 Å². The maximum Gasteiger partial charge on any atom is 0.217 e. The van der Waals surface area contributed by atoms with E-state index in [1.165, 1.54) is 0 Å². The highest BCUT2D eigenvalue weighted by molar-refractivity contribution is 5.92. The molecule has 0 aliphatic heterocycles. The molecule has 0 amide bonds. The van der Waals surface area contributed by atoms with Crippen molar-refractivity contribution in [3.8, 4) is 11.6 Å². The molecule has 1 aliphatic carbocycles. The van der Waals surface area contributed by atoms with Crippen LogP contribution >= 0.6 is 0 Å². The first-order valence-corrected chi connectivity index (χ1v) is 8.50. The predicted octanol–water partition coefficient (Wildman–Crippen LogP) is 3.55. The fourth-order valence-corrected chi connectivity index (χ4v) is 2.90. The lowest BCUT2D eigenvalue weighted by atomic mass is 10.2. The third-order valence-electron chi connectivity index (χ3n) is 4.36. The van der Waals surface area contributed by atoms with E-state index in [1.807, 2.05) is 35.0 Å². The van der Waals surface area contributed by atoms with Crippen molar-refractivity contribution in [3.63, 3.8) is 0 Å². The summed E-state index contributed by atoms with van der Waals surface area (Å²) in [5, 5.41) is 8.85. The molecule has 6 heteroatoms. The van der Waals surface area contributed by atoms with Gasteiger partial charge in [-0.15, -0.1) is 6.58 Å². The van der Waals surface area contributed by atoms with Gasteiger partial charge >= 0.3 is 0 Å². The number of hydrogen-bond donors (Lipinski definition) is 0. The summed E-state index contributed by atoms with van der Waals surface area (Å²) in [7, 11) is 0. The highest BCUT2D eigenvalue weighted by Crippen LogP contribution is 2.41. The number of nitrogens with zero attached hydrogens (tertiary/aromatic N) is 4. The number of hydrogen-bond acceptors (Lipinski definition) is 4. The molecule has 0 bridgehead atoms. The van der Waals surface area contributed by atoms with Gasteiger partial charge in [0.25, 0.3) is 0 Å². The first-order valence-electron chi connectivity index (χ1n) is 8.50. The molecule has 0 radical (unpaired) electrons. The largest absolute Gasteiger partial charge is 0.477 e. The molecular formula is C19H20N4O2.